The fourth-order valence-corrected chi connectivity index (χ4v) is 4.30. The molecule has 4 heterocycles. The average molecular weight is 475 g/mol. The maximum absolute atomic E-state index is 12.3. The fourth-order valence-electron chi connectivity index (χ4n) is 4.30. The van der Waals surface area contributed by atoms with Gasteiger partial charge in [-0.05, 0) is 42.7 Å². The first-order chi connectivity index (χ1) is 17.1. The van der Waals surface area contributed by atoms with Gasteiger partial charge in [-0.1, -0.05) is 12.1 Å². The van der Waals surface area contributed by atoms with Crippen LogP contribution >= 0.6 is 0 Å². The lowest BCUT2D eigenvalue weighted by molar-refractivity contribution is 0.0706. The van der Waals surface area contributed by atoms with E-state index < -0.39 is 6.09 Å². The molecule has 0 spiro atoms. The normalized spacial score (nSPS) is 14.1. The van der Waals surface area contributed by atoms with E-state index in [0.29, 0.717) is 36.2 Å². The van der Waals surface area contributed by atoms with Gasteiger partial charge in [0.2, 0.25) is 0 Å². The van der Waals surface area contributed by atoms with Crippen molar-refractivity contribution >= 4 is 28.6 Å². The Balaban J connectivity index is 1.42. The van der Waals surface area contributed by atoms with Gasteiger partial charge in [0.05, 0.1) is 23.9 Å². The Morgan fingerprint density at radius 2 is 2.06 bits per heavy atom. The predicted molar refractivity (Wildman–Crippen MR) is 131 cm³/mol. The molecule has 0 atom stereocenters. The number of hydrogen-bond acceptors (Lipinski definition) is 8. The third-order valence-electron chi connectivity index (χ3n) is 6.05. The van der Waals surface area contributed by atoms with Crippen molar-refractivity contribution in [3.63, 3.8) is 0 Å². The van der Waals surface area contributed by atoms with Crippen LogP contribution in [0.5, 0.6) is 5.75 Å². The highest BCUT2D eigenvalue weighted by molar-refractivity contribution is 6.01. The van der Waals surface area contributed by atoms with Crippen LogP contribution in [0.3, 0.4) is 0 Å². The molecule has 0 aliphatic carbocycles. The Morgan fingerprint density at radius 3 is 2.83 bits per heavy atom. The van der Waals surface area contributed by atoms with Crippen LogP contribution in [0.1, 0.15) is 24.6 Å². The minimum absolute atomic E-state index is 0.0675. The van der Waals surface area contributed by atoms with Crippen LogP contribution < -0.4 is 15.8 Å². The van der Waals surface area contributed by atoms with E-state index in [9.17, 15) is 4.79 Å². The number of ether oxygens (including phenoxy) is 3. The summed E-state index contributed by atoms with van der Waals surface area (Å²) >= 11 is 0. The third kappa shape index (κ3) is 4.73. The zero-order valence-electron chi connectivity index (χ0n) is 19.3. The standard InChI is InChI=1S/C25H26N6O4/c1-33-21-12-16(5-6-20(21)30-25(32)35-14-17-4-2-3-9-27-17)19-13-31(18-7-10-34-11-8-18)24-22(19)23(26)28-15-29-24/h2-6,9,12-13,15,18H,7-8,10-11,14H2,1H3,(H,30,32)(H2,26,28,29). The number of carbonyl (C=O) groups excluding carboxylic acids is 1. The number of aromatic nitrogens is 4. The van der Waals surface area contributed by atoms with Crippen LogP contribution in [0.25, 0.3) is 22.2 Å². The van der Waals surface area contributed by atoms with Crippen LogP contribution in [0.4, 0.5) is 16.3 Å². The number of nitrogens with two attached hydrogens (primary N) is 1. The summed E-state index contributed by atoms with van der Waals surface area (Å²) in [6.45, 7) is 1.49. The Labute approximate surface area is 202 Å². The van der Waals surface area contributed by atoms with E-state index >= 15 is 0 Å². The maximum Gasteiger partial charge on any atom is 0.412 e. The van der Waals surface area contributed by atoms with Crippen LogP contribution in [0.2, 0.25) is 0 Å². The molecule has 0 saturated carbocycles. The summed E-state index contributed by atoms with van der Waals surface area (Å²) in [4.78, 5) is 25.2. The first kappa shape index (κ1) is 22.6. The molecule has 0 bridgehead atoms. The summed E-state index contributed by atoms with van der Waals surface area (Å²) in [5.74, 6) is 0.898. The Bertz CT molecular complexity index is 1330. The summed E-state index contributed by atoms with van der Waals surface area (Å²) in [5.41, 5.74) is 9.98. The van der Waals surface area contributed by atoms with Gasteiger partial charge in [0, 0.05) is 37.2 Å². The van der Waals surface area contributed by atoms with Crippen molar-refractivity contribution in [2.45, 2.75) is 25.5 Å². The highest BCUT2D eigenvalue weighted by Crippen LogP contribution is 2.39. The molecule has 5 rings (SSSR count). The average Bonchev–Trinajstić information content (AvgIpc) is 3.30. The topological polar surface area (TPSA) is 126 Å². The van der Waals surface area contributed by atoms with E-state index in [1.807, 2.05) is 18.2 Å². The van der Waals surface area contributed by atoms with Gasteiger partial charge in [-0.3, -0.25) is 10.3 Å². The second-order valence-corrected chi connectivity index (χ2v) is 8.19. The number of amides is 1. The van der Waals surface area contributed by atoms with Gasteiger partial charge in [-0.25, -0.2) is 14.8 Å². The molecule has 1 amide bonds. The maximum atomic E-state index is 12.3. The zero-order chi connectivity index (χ0) is 24.2. The second kappa shape index (κ2) is 9.98. The summed E-state index contributed by atoms with van der Waals surface area (Å²) in [5, 5.41) is 3.52. The van der Waals surface area contributed by atoms with Crippen molar-refractivity contribution in [2.75, 3.05) is 31.4 Å². The van der Waals surface area contributed by atoms with Gasteiger partial charge < -0.3 is 24.5 Å². The molecule has 1 aliphatic rings. The number of rotatable bonds is 6. The quantitative estimate of drug-likeness (QED) is 0.426. The van der Waals surface area contributed by atoms with Crippen molar-refractivity contribution in [1.29, 1.82) is 0 Å². The number of nitrogens with one attached hydrogen (secondary N) is 1. The molecule has 0 unspecified atom stereocenters. The molecule has 180 valence electrons. The van der Waals surface area contributed by atoms with Gasteiger partial charge in [-0.15, -0.1) is 0 Å². The molecule has 1 aliphatic heterocycles. The molecular weight excluding hydrogens is 448 g/mol. The Kier molecular flexibility index (Phi) is 6.44. The van der Waals surface area contributed by atoms with Gasteiger partial charge >= 0.3 is 6.09 Å². The zero-order valence-corrected chi connectivity index (χ0v) is 19.3. The molecule has 3 N–H and O–H groups in total. The van der Waals surface area contributed by atoms with E-state index in [1.165, 1.54) is 6.33 Å². The lowest BCUT2D eigenvalue weighted by atomic mass is 10.0. The molecule has 4 aromatic rings. The largest absolute Gasteiger partial charge is 0.495 e. The van der Waals surface area contributed by atoms with E-state index in [-0.39, 0.29) is 12.6 Å². The van der Waals surface area contributed by atoms with E-state index in [2.05, 4.69) is 31.0 Å². The first-order valence-corrected chi connectivity index (χ1v) is 11.3. The number of pyridine rings is 1. The van der Waals surface area contributed by atoms with Gasteiger partial charge in [-0.2, -0.15) is 0 Å². The number of nitrogens with zero attached hydrogens (tertiary/aromatic N) is 4. The van der Waals surface area contributed by atoms with Gasteiger partial charge in [0.15, 0.2) is 0 Å². The number of fused-ring (bicyclic) bond motifs is 1. The second-order valence-electron chi connectivity index (χ2n) is 8.19. The molecule has 1 aromatic carbocycles. The minimum atomic E-state index is -0.601. The molecule has 35 heavy (non-hydrogen) atoms. The van der Waals surface area contributed by atoms with Gasteiger partial charge in [0.25, 0.3) is 0 Å². The lowest BCUT2D eigenvalue weighted by Crippen LogP contribution is -2.19. The number of methoxy groups -OCH3 is 1. The van der Waals surface area contributed by atoms with Crippen molar-refractivity contribution in [1.82, 2.24) is 19.5 Å². The van der Waals surface area contributed by atoms with Crippen LogP contribution in [-0.4, -0.2) is 45.9 Å². The van der Waals surface area contributed by atoms with Crippen LogP contribution in [0, 0.1) is 0 Å². The summed E-state index contributed by atoms with van der Waals surface area (Å²) in [6, 6.07) is 11.2. The lowest BCUT2D eigenvalue weighted by Gasteiger charge is -2.24. The van der Waals surface area contributed by atoms with Crippen molar-refractivity contribution in [2.24, 2.45) is 0 Å². The van der Waals surface area contributed by atoms with Gasteiger partial charge in [0.1, 0.15) is 30.1 Å². The number of nitrogen functional groups attached to an aromatic ring is 1. The molecule has 1 fully saturated rings. The van der Waals surface area contributed by atoms with Crippen LogP contribution in [-0.2, 0) is 16.1 Å². The predicted octanol–water partition coefficient (Wildman–Crippen LogP) is 4.18. The molecule has 0 radical (unpaired) electrons. The smallest absolute Gasteiger partial charge is 0.412 e. The fraction of sp³-hybridized carbons (Fsp3) is 0.280. The minimum Gasteiger partial charge on any atom is -0.495 e. The highest BCUT2D eigenvalue weighted by atomic mass is 16.5. The van der Waals surface area contributed by atoms with Crippen LogP contribution in [0.15, 0.2) is 55.1 Å². The Hall–Kier alpha value is -4.18. The van der Waals surface area contributed by atoms with Crippen molar-refractivity contribution in [3.8, 4) is 16.9 Å². The van der Waals surface area contributed by atoms with Crippen molar-refractivity contribution in [3.05, 3.63) is 60.8 Å². The molecule has 3 aromatic heterocycles. The molecular formula is C25H26N6O4. The van der Waals surface area contributed by atoms with E-state index in [1.54, 1.807) is 31.5 Å². The molecule has 1 saturated heterocycles. The summed E-state index contributed by atoms with van der Waals surface area (Å²) < 4.78 is 18.5. The van der Waals surface area contributed by atoms with E-state index in [4.69, 9.17) is 19.9 Å². The number of carbonyl (C=O) groups is 1. The summed E-state index contributed by atoms with van der Waals surface area (Å²) in [6.07, 6.45) is 6.40. The SMILES string of the molecule is COc1cc(-c2cn(C3CCOCC3)c3ncnc(N)c23)ccc1NC(=O)OCc1ccccn1. The van der Waals surface area contributed by atoms with Crippen molar-refractivity contribution < 1.29 is 19.0 Å². The molecule has 10 nitrogen and oxygen atoms in total. The first-order valence-electron chi connectivity index (χ1n) is 11.3. The highest BCUT2D eigenvalue weighted by Gasteiger charge is 2.23. The monoisotopic (exact) mass is 474 g/mol. The number of anilines is 2. The summed E-state index contributed by atoms with van der Waals surface area (Å²) in [7, 11) is 1.55. The molecule has 10 heteroatoms. The number of hydrogen-bond donors (Lipinski definition) is 2. The van der Waals surface area contributed by atoms with E-state index in [0.717, 1.165) is 35.0 Å². The third-order valence-corrected chi connectivity index (χ3v) is 6.05. The number of benzene rings is 1. The Morgan fingerprint density at radius 1 is 1.20 bits per heavy atom.